The molecule has 2 heterocycles. The maximum absolute atomic E-state index is 12.2. The first-order chi connectivity index (χ1) is 11.3. The van der Waals surface area contributed by atoms with Crippen LogP contribution in [0.15, 0.2) is 34.2 Å². The van der Waals surface area contributed by atoms with Gasteiger partial charge in [0, 0.05) is 5.02 Å². The minimum absolute atomic E-state index is 0.0843. The molecule has 10 heteroatoms. The van der Waals surface area contributed by atoms with Crippen molar-refractivity contribution in [2.45, 2.75) is 18.6 Å². The molecule has 3 rings (SSSR count). The summed E-state index contributed by atoms with van der Waals surface area (Å²) in [5.74, 6) is -0.247. The van der Waals surface area contributed by atoms with E-state index in [2.05, 4.69) is 15.0 Å². The Labute approximate surface area is 142 Å². The summed E-state index contributed by atoms with van der Waals surface area (Å²) in [6, 6.07) is 6.93. The Hall–Kier alpha value is -2.39. The number of hydrogen-bond acceptors (Lipinski definition) is 6. The van der Waals surface area contributed by atoms with Crippen molar-refractivity contribution in [3.63, 3.8) is 0 Å². The molecule has 3 N–H and O–H groups in total. The fraction of sp³-hybridized carbons (Fsp3) is 0.214. The summed E-state index contributed by atoms with van der Waals surface area (Å²) in [5, 5.41) is 0.187. The van der Waals surface area contributed by atoms with E-state index in [1.54, 1.807) is 24.3 Å². The van der Waals surface area contributed by atoms with Crippen LogP contribution >= 0.6 is 11.6 Å². The molecule has 3 aromatic rings. The zero-order valence-corrected chi connectivity index (χ0v) is 14.2. The number of fused-ring (bicyclic) bond motifs is 1. The Morgan fingerprint density at radius 3 is 2.54 bits per heavy atom. The molecule has 0 atom stereocenters. The zero-order chi connectivity index (χ0) is 17.5. The van der Waals surface area contributed by atoms with Crippen molar-refractivity contribution in [1.82, 2.24) is 19.5 Å². The second-order valence-corrected chi connectivity index (χ2v) is 7.74. The second kappa shape index (κ2) is 5.91. The van der Waals surface area contributed by atoms with Gasteiger partial charge < -0.3 is 10.7 Å². The summed E-state index contributed by atoms with van der Waals surface area (Å²) < 4.78 is 25.3. The van der Waals surface area contributed by atoms with Crippen molar-refractivity contribution in [2.75, 3.05) is 11.5 Å². The molecule has 1 aromatic carbocycles. The third kappa shape index (κ3) is 2.87. The highest BCUT2D eigenvalue weighted by atomic mass is 35.5. The number of sulfone groups is 1. The van der Waals surface area contributed by atoms with E-state index in [1.165, 1.54) is 11.5 Å². The Morgan fingerprint density at radius 1 is 1.25 bits per heavy atom. The highest BCUT2D eigenvalue weighted by Gasteiger charge is 2.21. The molecule has 24 heavy (non-hydrogen) atoms. The molecule has 0 spiro atoms. The zero-order valence-electron chi connectivity index (χ0n) is 12.7. The van der Waals surface area contributed by atoms with Gasteiger partial charge in [-0.05, 0) is 17.7 Å². The predicted molar refractivity (Wildman–Crippen MR) is 90.8 cm³/mol. The molecule has 0 unspecified atom stereocenters. The molecule has 126 valence electrons. The monoisotopic (exact) mass is 367 g/mol. The average Bonchev–Trinajstić information content (AvgIpc) is 2.86. The number of anilines is 1. The van der Waals surface area contributed by atoms with Crippen LogP contribution in [0.25, 0.3) is 11.2 Å². The Morgan fingerprint density at radius 2 is 1.92 bits per heavy atom. The normalized spacial score (nSPS) is 11.9. The Balaban J connectivity index is 2.19. The van der Waals surface area contributed by atoms with Crippen LogP contribution < -0.4 is 11.4 Å². The second-order valence-electron chi connectivity index (χ2n) is 5.14. The molecule has 0 fully saturated rings. The number of nitrogens with zero attached hydrogens (tertiary/aromatic N) is 3. The summed E-state index contributed by atoms with van der Waals surface area (Å²) in [4.78, 5) is 22.6. The van der Waals surface area contributed by atoms with Crippen molar-refractivity contribution < 1.29 is 8.42 Å². The van der Waals surface area contributed by atoms with Crippen LogP contribution in [0.5, 0.6) is 0 Å². The fourth-order valence-corrected chi connectivity index (χ4v) is 3.07. The topological polar surface area (TPSA) is 124 Å². The lowest BCUT2D eigenvalue weighted by molar-refractivity contribution is 0.588. The van der Waals surface area contributed by atoms with Crippen LogP contribution in [0.3, 0.4) is 0 Å². The number of nitrogens with one attached hydrogen (secondary N) is 1. The van der Waals surface area contributed by atoms with Crippen molar-refractivity contribution in [1.29, 1.82) is 0 Å². The molecule has 0 bridgehead atoms. The van der Waals surface area contributed by atoms with Crippen molar-refractivity contribution in [3.8, 4) is 0 Å². The van der Waals surface area contributed by atoms with Gasteiger partial charge in [0.15, 0.2) is 11.5 Å². The Kier molecular flexibility index (Phi) is 4.06. The molecular weight excluding hydrogens is 354 g/mol. The summed E-state index contributed by atoms with van der Waals surface area (Å²) in [7, 11) is -3.65. The lowest BCUT2D eigenvalue weighted by atomic mass is 10.2. The first-order valence-corrected chi connectivity index (χ1v) is 9.08. The highest BCUT2D eigenvalue weighted by Crippen LogP contribution is 2.18. The number of benzene rings is 1. The highest BCUT2D eigenvalue weighted by molar-refractivity contribution is 7.91. The number of hydrogen-bond donors (Lipinski definition) is 2. The van der Waals surface area contributed by atoms with Gasteiger partial charge in [-0.15, -0.1) is 0 Å². The van der Waals surface area contributed by atoms with Crippen LogP contribution in [-0.2, 0) is 16.4 Å². The van der Waals surface area contributed by atoms with E-state index in [1.807, 2.05) is 0 Å². The lowest BCUT2D eigenvalue weighted by Crippen LogP contribution is -2.18. The molecule has 0 aliphatic carbocycles. The third-order valence-electron chi connectivity index (χ3n) is 3.54. The number of halogens is 1. The van der Waals surface area contributed by atoms with Gasteiger partial charge in [-0.2, -0.15) is 9.97 Å². The van der Waals surface area contributed by atoms with Crippen LogP contribution in [0.1, 0.15) is 12.5 Å². The SMILES string of the molecule is CCS(=O)(=O)c1nc(N)c2[nH]c(=O)n(Cc3ccc(Cl)cc3)c2n1. The molecule has 0 saturated heterocycles. The van der Waals surface area contributed by atoms with E-state index >= 15 is 0 Å². The van der Waals surface area contributed by atoms with E-state index in [0.29, 0.717) is 5.02 Å². The van der Waals surface area contributed by atoms with E-state index in [-0.39, 0.29) is 34.4 Å². The molecule has 2 aromatic heterocycles. The van der Waals surface area contributed by atoms with Gasteiger partial charge in [0.1, 0.15) is 5.52 Å². The van der Waals surface area contributed by atoms with Crippen molar-refractivity contribution in [2.24, 2.45) is 0 Å². The maximum atomic E-state index is 12.2. The van der Waals surface area contributed by atoms with E-state index in [4.69, 9.17) is 17.3 Å². The van der Waals surface area contributed by atoms with Crippen LogP contribution in [0.2, 0.25) is 5.02 Å². The average molecular weight is 368 g/mol. The minimum atomic E-state index is -3.65. The van der Waals surface area contributed by atoms with Crippen molar-refractivity contribution >= 4 is 38.4 Å². The molecule has 0 radical (unpaired) electrons. The van der Waals surface area contributed by atoms with Crippen LogP contribution in [0, 0.1) is 0 Å². The molecule has 0 aliphatic heterocycles. The number of aromatic amines is 1. The summed E-state index contributed by atoms with van der Waals surface area (Å²) in [6.07, 6.45) is 0. The van der Waals surface area contributed by atoms with E-state index < -0.39 is 15.5 Å². The van der Waals surface area contributed by atoms with Gasteiger partial charge in [-0.25, -0.2) is 13.2 Å². The van der Waals surface area contributed by atoms with Gasteiger partial charge in [-0.3, -0.25) is 4.57 Å². The number of rotatable bonds is 4. The first-order valence-electron chi connectivity index (χ1n) is 7.05. The molecular formula is C14H14ClN5O3S. The van der Waals surface area contributed by atoms with Gasteiger partial charge >= 0.3 is 5.69 Å². The van der Waals surface area contributed by atoms with Crippen LogP contribution in [-0.4, -0.2) is 33.7 Å². The quantitative estimate of drug-likeness (QED) is 0.667. The molecule has 0 aliphatic rings. The number of aromatic nitrogens is 4. The van der Waals surface area contributed by atoms with Gasteiger partial charge in [0.2, 0.25) is 9.84 Å². The molecule has 0 saturated carbocycles. The van der Waals surface area contributed by atoms with E-state index in [9.17, 15) is 13.2 Å². The van der Waals surface area contributed by atoms with E-state index in [0.717, 1.165) is 5.56 Å². The lowest BCUT2D eigenvalue weighted by Gasteiger charge is -2.06. The summed E-state index contributed by atoms with van der Waals surface area (Å²) in [6.45, 7) is 1.68. The minimum Gasteiger partial charge on any atom is -0.382 e. The number of nitrogen functional groups attached to an aromatic ring is 1. The molecule has 0 amide bonds. The smallest absolute Gasteiger partial charge is 0.328 e. The molecule has 8 nitrogen and oxygen atoms in total. The fourth-order valence-electron chi connectivity index (χ4n) is 2.22. The third-order valence-corrected chi connectivity index (χ3v) is 5.29. The largest absolute Gasteiger partial charge is 0.382 e. The van der Waals surface area contributed by atoms with Crippen molar-refractivity contribution in [3.05, 3.63) is 45.3 Å². The summed E-state index contributed by atoms with van der Waals surface area (Å²) >= 11 is 5.85. The number of H-pyrrole nitrogens is 1. The van der Waals surface area contributed by atoms with Gasteiger partial charge in [0.05, 0.1) is 12.3 Å². The first kappa shape index (κ1) is 16.5. The van der Waals surface area contributed by atoms with Gasteiger partial charge in [0.25, 0.3) is 5.16 Å². The standard InChI is InChI=1S/C14H14ClN5O3S/c1-2-24(22,23)13-18-11(16)10-12(19-13)20(14(21)17-10)7-8-3-5-9(15)6-4-8/h3-6H,2,7H2,1H3,(H,17,21)(H2,16,18,19). The van der Waals surface area contributed by atoms with Gasteiger partial charge in [-0.1, -0.05) is 30.7 Å². The predicted octanol–water partition coefficient (Wildman–Crippen LogP) is 1.20. The maximum Gasteiger partial charge on any atom is 0.328 e. The number of nitrogens with two attached hydrogens (primary N) is 1. The number of imidazole rings is 1. The van der Waals surface area contributed by atoms with Crippen LogP contribution in [0.4, 0.5) is 5.82 Å². The summed E-state index contributed by atoms with van der Waals surface area (Å²) in [5.41, 5.74) is 6.50. The Bertz CT molecular complexity index is 1070.